The van der Waals surface area contributed by atoms with Crippen molar-refractivity contribution >= 4 is 22.5 Å². The summed E-state index contributed by atoms with van der Waals surface area (Å²) in [5, 5.41) is 21.1. The van der Waals surface area contributed by atoms with Gasteiger partial charge in [0.1, 0.15) is 6.54 Å². The van der Waals surface area contributed by atoms with Crippen molar-refractivity contribution in [2.75, 3.05) is 11.8 Å². The van der Waals surface area contributed by atoms with Crippen LogP contribution in [0.1, 0.15) is 30.9 Å². The topological polar surface area (TPSA) is 84.7 Å². The quantitative estimate of drug-likeness (QED) is 0.716. The van der Waals surface area contributed by atoms with Crippen LogP contribution in [0.15, 0.2) is 55.0 Å². The molecule has 1 amide bonds. The van der Waals surface area contributed by atoms with Gasteiger partial charge in [-0.05, 0) is 49.1 Å². The molecule has 3 aromatic rings. The molecule has 0 radical (unpaired) electrons. The Morgan fingerprint density at radius 1 is 1.26 bits per heavy atom. The van der Waals surface area contributed by atoms with E-state index >= 15 is 0 Å². The molecule has 2 aromatic heterocycles. The van der Waals surface area contributed by atoms with E-state index in [1.165, 1.54) is 0 Å². The van der Waals surface area contributed by atoms with Gasteiger partial charge in [-0.3, -0.25) is 15.0 Å². The number of carbonyl (C=O) groups is 1. The Labute approximate surface area is 157 Å². The molecule has 0 saturated carbocycles. The number of anilines is 1. The summed E-state index contributed by atoms with van der Waals surface area (Å²) in [6.07, 6.45) is 8.37. The van der Waals surface area contributed by atoms with Crippen LogP contribution in [-0.4, -0.2) is 32.1 Å². The lowest BCUT2D eigenvalue weighted by atomic mass is 9.96. The number of benzene rings is 1. The van der Waals surface area contributed by atoms with Crippen molar-refractivity contribution in [3.8, 4) is 0 Å². The van der Waals surface area contributed by atoms with E-state index in [1.54, 1.807) is 30.6 Å². The standard InChI is InChI=1S/C20H21N4O3/c25-20(23-11-2-1-6-17(23)15-5-4-10-21-13-15)14-22-12-9-16-18(22)7-3-8-19(16)24(26)27/h3-5,7-10,12-13,17,26H,1-2,6,11,14H2/q-1. The highest BCUT2D eigenvalue weighted by molar-refractivity contribution is 5.93. The number of aromatic nitrogens is 2. The second-order valence-corrected chi connectivity index (χ2v) is 6.81. The maximum atomic E-state index is 13.1. The number of hydrogen-bond donors (Lipinski definition) is 1. The van der Waals surface area contributed by atoms with Crippen molar-refractivity contribution in [1.29, 1.82) is 0 Å². The van der Waals surface area contributed by atoms with Crippen LogP contribution < -0.4 is 5.23 Å². The second kappa shape index (κ2) is 7.38. The minimum absolute atomic E-state index is 0.0365. The van der Waals surface area contributed by atoms with E-state index in [0.717, 1.165) is 36.9 Å². The highest BCUT2D eigenvalue weighted by atomic mass is 16.8. The molecular formula is C20H21N4O3-. The highest BCUT2D eigenvalue weighted by Crippen LogP contribution is 2.31. The van der Waals surface area contributed by atoms with Crippen molar-refractivity contribution in [1.82, 2.24) is 14.5 Å². The smallest absolute Gasteiger partial charge is 0.243 e. The predicted octanol–water partition coefficient (Wildman–Crippen LogP) is 3.48. The number of likely N-dealkylation sites (tertiary alicyclic amines) is 1. The minimum Gasteiger partial charge on any atom is -0.733 e. The third-order valence-corrected chi connectivity index (χ3v) is 5.19. The first-order chi connectivity index (χ1) is 13.1. The maximum absolute atomic E-state index is 13.1. The summed E-state index contributed by atoms with van der Waals surface area (Å²) in [6, 6.07) is 10.8. The number of rotatable bonds is 4. The number of amides is 1. The number of fused-ring (bicyclic) bond motifs is 1. The van der Waals surface area contributed by atoms with Gasteiger partial charge in [0, 0.05) is 30.5 Å². The number of piperidine rings is 1. The molecule has 27 heavy (non-hydrogen) atoms. The van der Waals surface area contributed by atoms with Gasteiger partial charge in [0.2, 0.25) is 5.91 Å². The molecular weight excluding hydrogens is 344 g/mol. The van der Waals surface area contributed by atoms with Crippen LogP contribution in [0, 0.1) is 5.21 Å². The first-order valence-electron chi connectivity index (χ1n) is 9.08. The average Bonchev–Trinajstić information content (AvgIpc) is 3.11. The van der Waals surface area contributed by atoms with Crippen molar-refractivity contribution in [3.05, 3.63) is 65.8 Å². The Morgan fingerprint density at radius 2 is 2.15 bits per heavy atom. The van der Waals surface area contributed by atoms with Crippen molar-refractivity contribution < 1.29 is 10.0 Å². The minimum atomic E-state index is -0.141. The molecule has 3 heterocycles. The number of hydrogen-bond acceptors (Lipinski definition) is 5. The Balaban J connectivity index is 1.60. The molecule has 0 bridgehead atoms. The Hall–Kier alpha value is -2.90. The van der Waals surface area contributed by atoms with Crippen LogP contribution in [0.25, 0.3) is 10.9 Å². The molecule has 1 N–H and O–H groups in total. The maximum Gasteiger partial charge on any atom is 0.243 e. The first kappa shape index (κ1) is 17.5. The molecule has 0 spiro atoms. The van der Waals surface area contributed by atoms with Crippen molar-refractivity contribution in [2.24, 2.45) is 0 Å². The Bertz CT molecular complexity index is 939. The fraction of sp³-hybridized carbons (Fsp3) is 0.300. The van der Waals surface area contributed by atoms with Gasteiger partial charge >= 0.3 is 0 Å². The number of nitrogens with zero attached hydrogens (tertiary/aromatic N) is 4. The van der Waals surface area contributed by atoms with Crippen LogP contribution in [0.5, 0.6) is 0 Å². The van der Waals surface area contributed by atoms with E-state index < -0.39 is 0 Å². The number of carbonyl (C=O) groups excluding carboxylic acids is 1. The van der Waals surface area contributed by atoms with E-state index in [9.17, 15) is 15.2 Å². The van der Waals surface area contributed by atoms with Gasteiger partial charge in [0.25, 0.3) is 0 Å². The van der Waals surface area contributed by atoms with Crippen LogP contribution in [0.3, 0.4) is 0 Å². The summed E-state index contributed by atoms with van der Waals surface area (Å²) in [4.78, 5) is 19.2. The van der Waals surface area contributed by atoms with Crippen LogP contribution >= 0.6 is 0 Å². The zero-order valence-electron chi connectivity index (χ0n) is 14.9. The lowest BCUT2D eigenvalue weighted by Gasteiger charge is -2.36. The third kappa shape index (κ3) is 3.39. The average molecular weight is 365 g/mol. The third-order valence-electron chi connectivity index (χ3n) is 5.19. The van der Waals surface area contributed by atoms with Gasteiger partial charge in [0.05, 0.1) is 17.2 Å². The first-order valence-corrected chi connectivity index (χ1v) is 9.08. The van der Waals surface area contributed by atoms with Crippen molar-refractivity contribution in [3.63, 3.8) is 0 Å². The molecule has 4 rings (SSSR count). The summed E-state index contributed by atoms with van der Waals surface area (Å²) in [5.74, 6) is 0.0365. The molecule has 1 fully saturated rings. The summed E-state index contributed by atoms with van der Waals surface area (Å²) in [7, 11) is 0. The zero-order valence-corrected chi connectivity index (χ0v) is 14.9. The van der Waals surface area contributed by atoms with E-state index in [-0.39, 0.29) is 29.4 Å². The van der Waals surface area contributed by atoms with Crippen molar-refractivity contribution in [2.45, 2.75) is 31.8 Å². The summed E-state index contributed by atoms with van der Waals surface area (Å²) in [5.41, 5.74) is 1.98. The van der Waals surface area contributed by atoms with E-state index in [0.29, 0.717) is 5.39 Å². The number of pyridine rings is 1. The molecule has 7 nitrogen and oxygen atoms in total. The highest BCUT2D eigenvalue weighted by Gasteiger charge is 2.28. The van der Waals surface area contributed by atoms with Gasteiger partial charge in [-0.2, -0.15) is 0 Å². The summed E-state index contributed by atoms with van der Waals surface area (Å²) >= 11 is 0. The molecule has 140 valence electrons. The fourth-order valence-electron chi connectivity index (χ4n) is 3.90. The predicted molar refractivity (Wildman–Crippen MR) is 102 cm³/mol. The molecule has 0 aliphatic carbocycles. The normalized spacial score (nSPS) is 17.3. The molecule has 1 aromatic carbocycles. The lowest BCUT2D eigenvalue weighted by molar-refractivity contribution is -0.135. The van der Waals surface area contributed by atoms with Crippen LogP contribution in [0.4, 0.5) is 5.69 Å². The van der Waals surface area contributed by atoms with Crippen LogP contribution in [-0.2, 0) is 11.3 Å². The van der Waals surface area contributed by atoms with Gasteiger partial charge in [-0.15, -0.1) is 0 Å². The Kier molecular flexibility index (Phi) is 4.79. The molecule has 1 aliphatic heterocycles. The molecule has 1 atom stereocenters. The molecule has 1 aliphatic rings. The summed E-state index contributed by atoms with van der Waals surface area (Å²) in [6.45, 7) is 0.918. The monoisotopic (exact) mass is 365 g/mol. The van der Waals surface area contributed by atoms with E-state index in [1.807, 2.05) is 33.9 Å². The Morgan fingerprint density at radius 3 is 2.93 bits per heavy atom. The lowest BCUT2D eigenvalue weighted by Crippen LogP contribution is -2.40. The summed E-state index contributed by atoms with van der Waals surface area (Å²) < 4.78 is 1.82. The zero-order chi connectivity index (χ0) is 18.8. The van der Waals surface area contributed by atoms with Gasteiger partial charge in [0.15, 0.2) is 0 Å². The molecule has 7 heteroatoms. The fourth-order valence-corrected chi connectivity index (χ4v) is 3.90. The van der Waals surface area contributed by atoms with E-state index in [2.05, 4.69) is 4.98 Å². The van der Waals surface area contributed by atoms with E-state index in [4.69, 9.17) is 0 Å². The SMILES string of the molecule is O=C(Cn1ccc2c(N([O-])O)cccc21)N1CCCCC1c1cccnc1. The van der Waals surface area contributed by atoms with Crippen LogP contribution in [0.2, 0.25) is 0 Å². The molecule has 1 saturated heterocycles. The second-order valence-electron chi connectivity index (χ2n) is 6.81. The molecule has 1 unspecified atom stereocenters. The van der Waals surface area contributed by atoms with Gasteiger partial charge in [-0.1, -0.05) is 12.1 Å². The van der Waals surface area contributed by atoms with Gasteiger partial charge < -0.3 is 19.9 Å². The van der Waals surface area contributed by atoms with Gasteiger partial charge in [-0.25, -0.2) is 0 Å². The largest absolute Gasteiger partial charge is 0.733 e.